The smallest absolute Gasteiger partial charge is 0.145 e. The maximum absolute atomic E-state index is 14.1. The normalized spacial score (nSPS) is 14.4. The van der Waals surface area contributed by atoms with Crippen LogP contribution in [0.25, 0.3) is 0 Å². The van der Waals surface area contributed by atoms with Gasteiger partial charge in [-0.2, -0.15) is 0 Å². The van der Waals surface area contributed by atoms with Gasteiger partial charge in [0.25, 0.3) is 0 Å². The number of H-pyrrole nitrogens is 1. The average molecular weight is 346 g/mol. The molecule has 0 aliphatic rings. The van der Waals surface area contributed by atoms with Crippen molar-refractivity contribution < 1.29 is 4.39 Å². The van der Waals surface area contributed by atoms with Crippen LogP contribution < -0.4 is 0 Å². The fourth-order valence-electron chi connectivity index (χ4n) is 3.01. The van der Waals surface area contributed by atoms with Gasteiger partial charge in [-0.1, -0.05) is 65.7 Å². The molecule has 0 aliphatic heterocycles. The monoisotopic (exact) mass is 345 g/mol. The first kappa shape index (κ1) is 17.7. The number of hydrogen-bond acceptors (Lipinski definition) is 0. The van der Waals surface area contributed by atoms with Gasteiger partial charge in [-0.05, 0) is 34.2 Å². The first-order chi connectivity index (χ1) is 9.55. The lowest BCUT2D eigenvalue weighted by Crippen LogP contribution is -2.23. The van der Waals surface area contributed by atoms with E-state index in [1.807, 2.05) is 0 Å². The van der Waals surface area contributed by atoms with Crippen LogP contribution in [-0.2, 0) is 5.41 Å². The summed E-state index contributed by atoms with van der Waals surface area (Å²) in [5.41, 5.74) is 0.802. The van der Waals surface area contributed by atoms with Gasteiger partial charge in [0, 0.05) is 11.8 Å². The standard InChI is InChI=1S/C17H29BrFN/c1-4-6-8-10-12-17(3,11-9-7-5-2)15-14(19)13-20-16(15)18/h13,20H,4-12H2,1-3H3. The molecule has 116 valence electrons. The van der Waals surface area contributed by atoms with Crippen LogP contribution in [0.3, 0.4) is 0 Å². The third-order valence-electron chi connectivity index (χ3n) is 4.30. The number of aromatic amines is 1. The van der Waals surface area contributed by atoms with Crippen molar-refractivity contribution in [1.29, 1.82) is 0 Å². The molecule has 3 heteroatoms. The van der Waals surface area contributed by atoms with Crippen LogP contribution in [0.4, 0.5) is 4.39 Å². The molecule has 1 unspecified atom stereocenters. The summed E-state index contributed by atoms with van der Waals surface area (Å²) in [6, 6.07) is 0. The molecule has 0 aromatic carbocycles. The number of nitrogens with one attached hydrogen (secondary N) is 1. The van der Waals surface area contributed by atoms with Crippen LogP contribution in [0.2, 0.25) is 0 Å². The molecule has 1 rings (SSSR count). The van der Waals surface area contributed by atoms with Crippen molar-refractivity contribution in [3.05, 3.63) is 22.2 Å². The van der Waals surface area contributed by atoms with E-state index in [1.165, 1.54) is 51.1 Å². The molecule has 1 N–H and O–H groups in total. The van der Waals surface area contributed by atoms with E-state index < -0.39 is 0 Å². The quantitative estimate of drug-likeness (QED) is 0.452. The summed E-state index contributed by atoms with van der Waals surface area (Å²) in [5, 5.41) is 0. The number of aromatic nitrogens is 1. The van der Waals surface area contributed by atoms with Crippen LogP contribution in [0.1, 0.15) is 84.1 Å². The minimum absolute atomic E-state index is 0.0498. The Morgan fingerprint density at radius 2 is 1.60 bits per heavy atom. The second-order valence-electron chi connectivity index (χ2n) is 6.15. The second-order valence-corrected chi connectivity index (χ2v) is 6.95. The number of hydrogen-bond donors (Lipinski definition) is 1. The zero-order chi connectivity index (χ0) is 15.0. The van der Waals surface area contributed by atoms with Crippen LogP contribution in [-0.4, -0.2) is 4.98 Å². The Kier molecular flexibility index (Phi) is 7.86. The molecule has 1 nitrogen and oxygen atoms in total. The van der Waals surface area contributed by atoms with Gasteiger partial charge in [0.15, 0.2) is 0 Å². The summed E-state index contributed by atoms with van der Waals surface area (Å²) in [6.45, 7) is 6.67. The topological polar surface area (TPSA) is 15.8 Å². The van der Waals surface area contributed by atoms with Gasteiger partial charge in [-0.15, -0.1) is 0 Å². The van der Waals surface area contributed by atoms with Crippen molar-refractivity contribution in [2.45, 2.75) is 84.0 Å². The van der Waals surface area contributed by atoms with Crippen molar-refractivity contribution in [1.82, 2.24) is 4.98 Å². The number of halogens is 2. The molecule has 0 aliphatic carbocycles. The van der Waals surface area contributed by atoms with Gasteiger partial charge >= 0.3 is 0 Å². The highest BCUT2D eigenvalue weighted by molar-refractivity contribution is 9.10. The Balaban J connectivity index is 2.77. The minimum atomic E-state index is -0.0913. The van der Waals surface area contributed by atoms with Crippen molar-refractivity contribution in [3.63, 3.8) is 0 Å². The Hall–Kier alpha value is -0.310. The molecule has 0 bridgehead atoms. The maximum Gasteiger partial charge on any atom is 0.145 e. The average Bonchev–Trinajstić information content (AvgIpc) is 2.75. The van der Waals surface area contributed by atoms with E-state index in [0.29, 0.717) is 0 Å². The summed E-state index contributed by atoms with van der Waals surface area (Å²) in [4.78, 5) is 2.98. The maximum atomic E-state index is 14.1. The Labute approximate surface area is 131 Å². The molecule has 1 heterocycles. The summed E-state index contributed by atoms with van der Waals surface area (Å²) in [6.07, 6.45) is 12.2. The summed E-state index contributed by atoms with van der Waals surface area (Å²) in [7, 11) is 0. The number of rotatable bonds is 10. The zero-order valence-corrected chi connectivity index (χ0v) is 14.8. The van der Waals surface area contributed by atoms with E-state index in [-0.39, 0.29) is 11.2 Å². The predicted molar refractivity (Wildman–Crippen MR) is 88.7 cm³/mol. The highest BCUT2D eigenvalue weighted by Gasteiger charge is 2.31. The lowest BCUT2D eigenvalue weighted by molar-refractivity contribution is 0.352. The predicted octanol–water partition coefficient (Wildman–Crippen LogP) is 6.72. The molecule has 1 aromatic rings. The van der Waals surface area contributed by atoms with E-state index in [1.54, 1.807) is 0 Å². The van der Waals surface area contributed by atoms with E-state index in [4.69, 9.17) is 0 Å². The SMILES string of the molecule is CCCCCCC(C)(CCCCC)c1c(F)c[nH]c1Br. The van der Waals surface area contributed by atoms with Crippen molar-refractivity contribution in [2.24, 2.45) is 0 Å². The molecular formula is C17H29BrFN. The summed E-state index contributed by atoms with van der Waals surface area (Å²) < 4.78 is 15.0. The lowest BCUT2D eigenvalue weighted by atomic mass is 9.75. The fourth-order valence-corrected chi connectivity index (χ4v) is 3.79. The second kappa shape index (κ2) is 8.86. The lowest BCUT2D eigenvalue weighted by Gasteiger charge is -2.30. The zero-order valence-electron chi connectivity index (χ0n) is 13.2. The fraction of sp³-hybridized carbons (Fsp3) is 0.765. The number of unbranched alkanes of at least 4 members (excludes halogenated alkanes) is 5. The van der Waals surface area contributed by atoms with Crippen LogP contribution in [0, 0.1) is 5.82 Å². The van der Waals surface area contributed by atoms with E-state index >= 15 is 0 Å². The molecule has 0 saturated heterocycles. The van der Waals surface area contributed by atoms with Gasteiger partial charge in [0.1, 0.15) is 5.82 Å². The third kappa shape index (κ3) is 4.91. The molecule has 0 saturated carbocycles. The molecule has 0 amide bonds. The van der Waals surface area contributed by atoms with Crippen LogP contribution in [0.5, 0.6) is 0 Å². The molecule has 0 spiro atoms. The van der Waals surface area contributed by atoms with Gasteiger partial charge < -0.3 is 4.98 Å². The van der Waals surface area contributed by atoms with Crippen molar-refractivity contribution >= 4 is 15.9 Å². The van der Waals surface area contributed by atoms with E-state index in [9.17, 15) is 4.39 Å². The van der Waals surface area contributed by atoms with Crippen LogP contribution in [0.15, 0.2) is 10.8 Å². The van der Waals surface area contributed by atoms with Gasteiger partial charge in [0.2, 0.25) is 0 Å². The van der Waals surface area contributed by atoms with Gasteiger partial charge in [-0.3, -0.25) is 0 Å². The Morgan fingerprint density at radius 1 is 1.05 bits per heavy atom. The van der Waals surface area contributed by atoms with Crippen LogP contribution >= 0.6 is 15.9 Å². The van der Waals surface area contributed by atoms with Gasteiger partial charge in [0.05, 0.1) is 4.60 Å². The molecular weight excluding hydrogens is 317 g/mol. The van der Waals surface area contributed by atoms with Crippen molar-refractivity contribution in [2.75, 3.05) is 0 Å². The first-order valence-electron chi connectivity index (χ1n) is 8.08. The minimum Gasteiger partial charge on any atom is -0.353 e. The molecule has 1 aromatic heterocycles. The Bertz CT molecular complexity index is 369. The largest absolute Gasteiger partial charge is 0.353 e. The highest BCUT2D eigenvalue weighted by Crippen LogP contribution is 2.40. The summed E-state index contributed by atoms with van der Waals surface area (Å²) >= 11 is 3.49. The first-order valence-corrected chi connectivity index (χ1v) is 8.87. The highest BCUT2D eigenvalue weighted by atomic mass is 79.9. The molecule has 0 radical (unpaired) electrons. The molecule has 0 fully saturated rings. The molecule has 20 heavy (non-hydrogen) atoms. The van der Waals surface area contributed by atoms with E-state index in [2.05, 4.69) is 41.7 Å². The van der Waals surface area contributed by atoms with Gasteiger partial charge in [-0.25, -0.2) is 4.39 Å². The van der Waals surface area contributed by atoms with E-state index in [0.717, 1.165) is 23.0 Å². The Morgan fingerprint density at radius 3 is 2.10 bits per heavy atom. The molecule has 1 atom stereocenters. The summed E-state index contributed by atoms with van der Waals surface area (Å²) in [5.74, 6) is -0.0913. The third-order valence-corrected chi connectivity index (χ3v) is 4.93. The van der Waals surface area contributed by atoms with Crippen molar-refractivity contribution in [3.8, 4) is 0 Å².